The maximum atomic E-state index is 13.0. The number of rotatable bonds is 6. The van der Waals surface area contributed by atoms with Gasteiger partial charge in [-0.2, -0.15) is 0 Å². The van der Waals surface area contributed by atoms with Crippen molar-refractivity contribution in [2.75, 3.05) is 13.1 Å². The van der Waals surface area contributed by atoms with E-state index >= 15 is 0 Å². The molecule has 0 unspecified atom stereocenters. The van der Waals surface area contributed by atoms with Crippen LogP contribution in [0.5, 0.6) is 0 Å². The molecule has 2 N–H and O–H groups in total. The van der Waals surface area contributed by atoms with Crippen LogP contribution in [0, 0.1) is 11.7 Å². The van der Waals surface area contributed by atoms with Crippen molar-refractivity contribution in [3.8, 4) is 0 Å². The number of carbonyl (C=O) groups excluding carboxylic acids is 2. The molecule has 0 aromatic heterocycles. The molecule has 4 nitrogen and oxygen atoms in total. The molecule has 1 aliphatic heterocycles. The molecule has 27 heavy (non-hydrogen) atoms. The zero-order valence-corrected chi connectivity index (χ0v) is 15.4. The van der Waals surface area contributed by atoms with Gasteiger partial charge in [0.15, 0.2) is 5.78 Å². The summed E-state index contributed by atoms with van der Waals surface area (Å²) in [5.41, 5.74) is 8.35. The van der Waals surface area contributed by atoms with E-state index in [-0.39, 0.29) is 23.4 Å². The molecule has 1 heterocycles. The minimum Gasteiger partial charge on any atom is -0.343 e. The van der Waals surface area contributed by atoms with E-state index in [4.69, 9.17) is 5.73 Å². The van der Waals surface area contributed by atoms with Crippen molar-refractivity contribution >= 4 is 11.7 Å². The summed E-state index contributed by atoms with van der Waals surface area (Å²) in [6, 6.07) is 13.7. The maximum Gasteiger partial charge on any atom is 0.222 e. The molecule has 1 aliphatic rings. The Morgan fingerprint density at radius 3 is 2.15 bits per heavy atom. The summed E-state index contributed by atoms with van der Waals surface area (Å²) in [6.07, 6.45) is 2.50. The Labute approximate surface area is 159 Å². The normalized spacial score (nSPS) is 15.0. The number of hydrogen-bond donors (Lipinski definition) is 1. The number of nitrogens with two attached hydrogens (primary N) is 1. The molecule has 1 saturated heterocycles. The van der Waals surface area contributed by atoms with Crippen LogP contribution in [0.25, 0.3) is 0 Å². The SMILES string of the molecule is NCc1ccc(CCC(=O)N2CCC(C(=O)c3ccc(F)cc3)CC2)cc1. The summed E-state index contributed by atoms with van der Waals surface area (Å²) in [5, 5.41) is 0. The molecule has 1 fully saturated rings. The predicted octanol–water partition coefficient (Wildman–Crippen LogP) is 3.34. The second-order valence-corrected chi connectivity index (χ2v) is 7.05. The van der Waals surface area contributed by atoms with Gasteiger partial charge in [-0.25, -0.2) is 4.39 Å². The lowest BCUT2D eigenvalue weighted by atomic mass is 9.88. The first-order chi connectivity index (χ1) is 13.1. The largest absolute Gasteiger partial charge is 0.343 e. The lowest BCUT2D eigenvalue weighted by Gasteiger charge is -2.31. The van der Waals surface area contributed by atoms with Gasteiger partial charge in [-0.15, -0.1) is 0 Å². The molecular formula is C22H25FN2O2. The van der Waals surface area contributed by atoms with Gasteiger partial charge in [-0.3, -0.25) is 9.59 Å². The van der Waals surface area contributed by atoms with Crippen LogP contribution in [0.4, 0.5) is 4.39 Å². The van der Waals surface area contributed by atoms with Crippen molar-refractivity contribution in [2.24, 2.45) is 11.7 Å². The Kier molecular flexibility index (Phi) is 6.35. The Morgan fingerprint density at radius 2 is 1.56 bits per heavy atom. The van der Waals surface area contributed by atoms with E-state index in [0.29, 0.717) is 50.9 Å². The fraction of sp³-hybridized carbons (Fsp3) is 0.364. The molecule has 0 atom stereocenters. The minimum absolute atomic E-state index is 0.0436. The summed E-state index contributed by atoms with van der Waals surface area (Å²) in [6.45, 7) is 1.72. The van der Waals surface area contributed by atoms with Crippen molar-refractivity contribution in [3.63, 3.8) is 0 Å². The van der Waals surface area contributed by atoms with Crippen LogP contribution in [0.1, 0.15) is 40.7 Å². The van der Waals surface area contributed by atoms with Crippen LogP contribution >= 0.6 is 0 Å². The molecule has 5 heteroatoms. The molecule has 2 aromatic carbocycles. The van der Waals surface area contributed by atoms with Crippen LogP contribution in [0.2, 0.25) is 0 Å². The Morgan fingerprint density at radius 1 is 0.963 bits per heavy atom. The quantitative estimate of drug-likeness (QED) is 0.796. The van der Waals surface area contributed by atoms with Crippen LogP contribution in [-0.2, 0) is 17.8 Å². The number of aryl methyl sites for hydroxylation is 1. The third-order valence-electron chi connectivity index (χ3n) is 5.23. The number of halogens is 1. The van der Waals surface area contributed by atoms with E-state index in [1.54, 1.807) is 0 Å². The molecule has 1 amide bonds. The fourth-order valence-corrected chi connectivity index (χ4v) is 3.49. The van der Waals surface area contributed by atoms with E-state index in [0.717, 1.165) is 11.1 Å². The number of ketones is 1. The van der Waals surface area contributed by atoms with Crippen molar-refractivity contribution in [2.45, 2.75) is 32.2 Å². The smallest absolute Gasteiger partial charge is 0.222 e. The summed E-state index contributed by atoms with van der Waals surface area (Å²) in [5.74, 6) is -0.263. The number of Topliss-reactive ketones (excluding diaryl/α,β-unsaturated/α-hetero) is 1. The topological polar surface area (TPSA) is 63.4 Å². The van der Waals surface area contributed by atoms with E-state index < -0.39 is 0 Å². The number of benzene rings is 2. The van der Waals surface area contributed by atoms with Gasteiger partial charge in [0.2, 0.25) is 5.91 Å². The highest BCUT2D eigenvalue weighted by Crippen LogP contribution is 2.22. The van der Waals surface area contributed by atoms with Crippen molar-refractivity contribution in [3.05, 3.63) is 71.0 Å². The molecule has 0 spiro atoms. The molecule has 3 rings (SSSR count). The molecule has 0 radical (unpaired) electrons. The first kappa shape index (κ1) is 19.2. The van der Waals surface area contributed by atoms with Gasteiger partial charge < -0.3 is 10.6 Å². The second-order valence-electron chi connectivity index (χ2n) is 7.05. The zero-order chi connectivity index (χ0) is 19.2. The predicted molar refractivity (Wildman–Crippen MR) is 103 cm³/mol. The first-order valence-electron chi connectivity index (χ1n) is 9.42. The monoisotopic (exact) mass is 368 g/mol. The van der Waals surface area contributed by atoms with Gasteiger partial charge in [0.25, 0.3) is 0 Å². The average molecular weight is 368 g/mol. The van der Waals surface area contributed by atoms with E-state index in [2.05, 4.69) is 0 Å². The Balaban J connectivity index is 1.47. The lowest BCUT2D eigenvalue weighted by molar-refractivity contribution is -0.132. The molecule has 0 bridgehead atoms. The van der Waals surface area contributed by atoms with Crippen molar-refractivity contribution < 1.29 is 14.0 Å². The maximum absolute atomic E-state index is 13.0. The summed E-state index contributed by atoms with van der Waals surface area (Å²) in [4.78, 5) is 26.8. The van der Waals surface area contributed by atoms with Crippen molar-refractivity contribution in [1.29, 1.82) is 0 Å². The van der Waals surface area contributed by atoms with Crippen LogP contribution in [0.3, 0.4) is 0 Å². The third-order valence-corrected chi connectivity index (χ3v) is 5.23. The van der Waals surface area contributed by atoms with E-state index in [9.17, 15) is 14.0 Å². The van der Waals surface area contributed by atoms with Crippen LogP contribution < -0.4 is 5.73 Å². The molecule has 0 saturated carbocycles. The van der Waals surface area contributed by atoms with Crippen LogP contribution in [-0.4, -0.2) is 29.7 Å². The van der Waals surface area contributed by atoms with Gasteiger partial charge >= 0.3 is 0 Å². The first-order valence-corrected chi connectivity index (χ1v) is 9.42. The van der Waals surface area contributed by atoms with Gasteiger partial charge in [0.1, 0.15) is 5.82 Å². The highest BCUT2D eigenvalue weighted by atomic mass is 19.1. The van der Waals surface area contributed by atoms with Gasteiger partial charge in [0, 0.05) is 37.5 Å². The summed E-state index contributed by atoms with van der Waals surface area (Å²) in [7, 11) is 0. The standard InChI is InChI=1S/C22H25FN2O2/c23-20-8-6-18(7-9-20)22(27)19-11-13-25(14-12-19)21(26)10-5-16-1-3-17(15-24)4-2-16/h1-4,6-9,19H,5,10-15,24H2. The molecule has 2 aromatic rings. The molecule has 142 valence electrons. The Hall–Kier alpha value is -2.53. The van der Waals surface area contributed by atoms with E-state index in [1.165, 1.54) is 24.3 Å². The lowest BCUT2D eigenvalue weighted by Crippen LogP contribution is -2.40. The highest BCUT2D eigenvalue weighted by Gasteiger charge is 2.27. The zero-order valence-electron chi connectivity index (χ0n) is 15.4. The third kappa shape index (κ3) is 5.01. The summed E-state index contributed by atoms with van der Waals surface area (Å²) < 4.78 is 13.0. The number of amides is 1. The molecule has 0 aliphatic carbocycles. The minimum atomic E-state index is -0.343. The van der Waals surface area contributed by atoms with Gasteiger partial charge in [0.05, 0.1) is 0 Å². The summed E-state index contributed by atoms with van der Waals surface area (Å²) >= 11 is 0. The number of piperidine rings is 1. The van der Waals surface area contributed by atoms with Gasteiger partial charge in [-0.1, -0.05) is 24.3 Å². The van der Waals surface area contributed by atoms with Gasteiger partial charge in [-0.05, 0) is 54.7 Å². The average Bonchev–Trinajstić information content (AvgIpc) is 2.72. The highest BCUT2D eigenvalue weighted by molar-refractivity contribution is 5.98. The van der Waals surface area contributed by atoms with Crippen molar-refractivity contribution in [1.82, 2.24) is 4.90 Å². The van der Waals surface area contributed by atoms with Crippen LogP contribution in [0.15, 0.2) is 48.5 Å². The Bertz CT molecular complexity index is 779. The molecular weight excluding hydrogens is 343 g/mol. The van der Waals surface area contributed by atoms with E-state index in [1.807, 2.05) is 29.2 Å². The number of nitrogens with zero attached hydrogens (tertiary/aromatic N) is 1. The second kappa shape index (κ2) is 8.91. The number of hydrogen-bond acceptors (Lipinski definition) is 3. The number of likely N-dealkylation sites (tertiary alicyclic amines) is 1. The number of carbonyl (C=O) groups is 2. The fourth-order valence-electron chi connectivity index (χ4n) is 3.49.